The summed E-state index contributed by atoms with van der Waals surface area (Å²) in [6.07, 6.45) is -4.41. The number of nitrogens with zero attached hydrogens (tertiary/aromatic N) is 1. The van der Waals surface area contributed by atoms with Crippen LogP contribution < -0.4 is 20.5 Å². The van der Waals surface area contributed by atoms with E-state index >= 15 is 0 Å². The van der Waals surface area contributed by atoms with Crippen molar-refractivity contribution >= 4 is 27.1 Å². The van der Waals surface area contributed by atoms with Gasteiger partial charge in [-0.05, 0) is 30.3 Å². The zero-order valence-corrected chi connectivity index (χ0v) is 16.8. The predicted molar refractivity (Wildman–Crippen MR) is 108 cm³/mol. The third-order valence-corrected chi connectivity index (χ3v) is 4.68. The fourth-order valence-electron chi connectivity index (χ4n) is 2.94. The van der Waals surface area contributed by atoms with Crippen LogP contribution in [0.25, 0.3) is 11.0 Å². The van der Waals surface area contributed by atoms with Gasteiger partial charge in [-0.25, -0.2) is 4.79 Å². The van der Waals surface area contributed by atoms with E-state index in [-0.39, 0.29) is 12.3 Å². The fraction of sp³-hybridized carbons (Fsp3) is 0.278. The Hall–Kier alpha value is -3.03. The van der Waals surface area contributed by atoms with Gasteiger partial charge in [0.05, 0.1) is 16.6 Å². The molecule has 0 saturated heterocycles. The molecule has 0 amide bonds. The Bertz CT molecular complexity index is 1220. The van der Waals surface area contributed by atoms with Gasteiger partial charge in [0.25, 0.3) is 0 Å². The van der Waals surface area contributed by atoms with Gasteiger partial charge in [0.1, 0.15) is 5.75 Å². The Morgan fingerprint density at radius 3 is 2.58 bits per heavy atom. The third kappa shape index (κ3) is 6.23. The lowest BCUT2D eigenvalue weighted by molar-refractivity contribution is -0.137. The number of nitrogens with one attached hydrogen (secondary N) is 3. The quantitative estimate of drug-likeness (QED) is 0.285. The third-order valence-electron chi connectivity index (χ3n) is 4.28. The highest BCUT2D eigenvalue weighted by atomic mass is 32.3. The van der Waals surface area contributed by atoms with Crippen LogP contribution in [0.3, 0.4) is 0 Å². The van der Waals surface area contributed by atoms with E-state index in [1.807, 2.05) is 0 Å². The molecule has 4 N–H and O–H groups in total. The van der Waals surface area contributed by atoms with Crippen molar-refractivity contribution in [3.63, 3.8) is 0 Å². The van der Waals surface area contributed by atoms with Crippen molar-refractivity contribution < 1.29 is 30.3 Å². The molecular weight excluding hydrogens is 441 g/mol. The van der Waals surface area contributed by atoms with Crippen molar-refractivity contribution in [2.24, 2.45) is 0 Å². The maximum absolute atomic E-state index is 12.7. The van der Waals surface area contributed by atoms with Crippen LogP contribution >= 0.6 is 0 Å². The van der Waals surface area contributed by atoms with Crippen molar-refractivity contribution in [3.05, 3.63) is 58.5 Å². The Balaban J connectivity index is 1.53. The van der Waals surface area contributed by atoms with Crippen LogP contribution in [0.4, 0.5) is 18.9 Å². The highest BCUT2D eigenvalue weighted by Crippen LogP contribution is 2.30. The molecule has 3 rings (SSSR count). The van der Waals surface area contributed by atoms with Crippen LogP contribution in [0.2, 0.25) is 0 Å². The minimum Gasteiger partial charge on any atom is -0.384 e. The molecule has 0 radical (unpaired) electrons. The second kappa shape index (κ2) is 8.99. The average Bonchev–Trinajstić information content (AvgIpc) is 2.97. The second-order valence-electron chi connectivity index (χ2n) is 6.53. The van der Waals surface area contributed by atoms with Crippen molar-refractivity contribution in [1.29, 1.82) is 0 Å². The first-order valence-electron chi connectivity index (χ1n) is 9.04. The highest BCUT2D eigenvalue weighted by molar-refractivity contribution is 7.81. The molecular formula is C18H19F3N4O5S. The zero-order valence-electron chi connectivity index (χ0n) is 15.9. The molecule has 0 aliphatic heterocycles. The molecule has 0 fully saturated rings. The molecule has 0 aliphatic carbocycles. The Kier molecular flexibility index (Phi) is 6.57. The highest BCUT2D eigenvalue weighted by Gasteiger charge is 2.30. The number of alkyl halides is 3. The fourth-order valence-corrected chi connectivity index (χ4v) is 3.29. The van der Waals surface area contributed by atoms with Crippen molar-refractivity contribution in [2.45, 2.75) is 12.7 Å². The summed E-state index contributed by atoms with van der Waals surface area (Å²) in [6, 6.07) is 8.91. The molecule has 1 heterocycles. The maximum Gasteiger partial charge on any atom is 0.446 e. The van der Waals surface area contributed by atoms with Gasteiger partial charge in [0.15, 0.2) is 0 Å². The molecule has 3 aromatic rings. The Labute approximate surface area is 174 Å². The van der Waals surface area contributed by atoms with Gasteiger partial charge in [-0.3, -0.25) is 9.12 Å². The number of benzene rings is 2. The number of halogens is 3. The van der Waals surface area contributed by atoms with E-state index in [9.17, 15) is 26.4 Å². The van der Waals surface area contributed by atoms with Gasteiger partial charge in [0.2, 0.25) is 0 Å². The standard InChI is InChI=1S/C18H19F3N4O5S/c19-18(20,21)12-2-1-3-13(10-12)23-7-6-22-8-9-25-16-11-14(30-31(27,28)29)4-5-15(16)24-17(25)26/h1-5,10-11,22-23H,6-9H2,(H,24,26)(H,27,28,29). The number of hydrogen-bond donors (Lipinski definition) is 4. The Morgan fingerprint density at radius 1 is 1.10 bits per heavy atom. The van der Waals surface area contributed by atoms with E-state index in [1.165, 1.54) is 34.9 Å². The van der Waals surface area contributed by atoms with Crippen LogP contribution in [-0.4, -0.2) is 42.2 Å². The number of aromatic nitrogens is 2. The Morgan fingerprint density at radius 2 is 1.87 bits per heavy atom. The van der Waals surface area contributed by atoms with Gasteiger partial charge < -0.3 is 19.8 Å². The molecule has 0 aliphatic rings. The monoisotopic (exact) mass is 460 g/mol. The molecule has 0 spiro atoms. The lowest BCUT2D eigenvalue weighted by atomic mass is 10.2. The molecule has 168 valence electrons. The number of fused-ring (bicyclic) bond motifs is 1. The van der Waals surface area contributed by atoms with E-state index in [0.29, 0.717) is 36.4 Å². The number of imidazole rings is 1. The van der Waals surface area contributed by atoms with E-state index in [1.54, 1.807) is 0 Å². The van der Waals surface area contributed by atoms with Gasteiger partial charge >= 0.3 is 22.3 Å². The molecule has 0 saturated carbocycles. The summed E-state index contributed by atoms with van der Waals surface area (Å²) in [6.45, 7) is 1.37. The summed E-state index contributed by atoms with van der Waals surface area (Å²) in [5.41, 5.74) is 0.0363. The van der Waals surface area contributed by atoms with Crippen LogP contribution in [0.15, 0.2) is 47.3 Å². The van der Waals surface area contributed by atoms with Crippen LogP contribution in [0, 0.1) is 0 Å². The second-order valence-corrected chi connectivity index (χ2v) is 7.55. The molecule has 1 aromatic heterocycles. The summed E-state index contributed by atoms with van der Waals surface area (Å²) < 4.78 is 74.4. The smallest absolute Gasteiger partial charge is 0.384 e. The molecule has 9 nitrogen and oxygen atoms in total. The topological polar surface area (TPSA) is 125 Å². The predicted octanol–water partition coefficient (Wildman–Crippen LogP) is 2.23. The summed E-state index contributed by atoms with van der Waals surface area (Å²) in [5.74, 6) is -0.152. The first-order chi connectivity index (χ1) is 14.5. The molecule has 0 bridgehead atoms. The van der Waals surface area contributed by atoms with Gasteiger partial charge in [-0.1, -0.05) is 6.07 Å². The van der Waals surface area contributed by atoms with E-state index < -0.39 is 27.8 Å². The lowest BCUT2D eigenvalue weighted by Gasteiger charge is -2.11. The van der Waals surface area contributed by atoms with E-state index in [2.05, 4.69) is 19.8 Å². The molecule has 31 heavy (non-hydrogen) atoms. The maximum atomic E-state index is 12.7. The summed E-state index contributed by atoms with van der Waals surface area (Å²) in [5, 5.41) is 5.94. The zero-order chi connectivity index (χ0) is 22.6. The number of hydrogen-bond acceptors (Lipinski definition) is 6. The first kappa shape index (κ1) is 22.7. The summed E-state index contributed by atoms with van der Waals surface area (Å²) in [7, 11) is -4.69. The lowest BCUT2D eigenvalue weighted by Crippen LogP contribution is -2.28. The summed E-state index contributed by atoms with van der Waals surface area (Å²) in [4.78, 5) is 14.7. The SMILES string of the molecule is O=c1[nH]c2ccc(OS(=O)(=O)O)cc2n1CCNCCNc1cccc(C(F)(F)F)c1. The van der Waals surface area contributed by atoms with E-state index in [0.717, 1.165) is 12.1 Å². The summed E-state index contributed by atoms with van der Waals surface area (Å²) >= 11 is 0. The van der Waals surface area contributed by atoms with Crippen LogP contribution in [-0.2, 0) is 23.1 Å². The van der Waals surface area contributed by atoms with Crippen LogP contribution in [0.1, 0.15) is 5.56 Å². The molecule has 2 aromatic carbocycles. The van der Waals surface area contributed by atoms with Gasteiger partial charge in [-0.2, -0.15) is 21.6 Å². The normalized spacial score (nSPS) is 12.3. The first-order valence-corrected chi connectivity index (χ1v) is 10.4. The minimum absolute atomic E-state index is 0.152. The number of H-pyrrole nitrogens is 1. The molecule has 0 atom stereocenters. The minimum atomic E-state index is -4.69. The molecule has 0 unspecified atom stereocenters. The number of anilines is 1. The van der Waals surface area contributed by atoms with Crippen LogP contribution in [0.5, 0.6) is 5.75 Å². The van der Waals surface area contributed by atoms with E-state index in [4.69, 9.17) is 4.55 Å². The van der Waals surface area contributed by atoms with Gasteiger partial charge in [0, 0.05) is 37.9 Å². The largest absolute Gasteiger partial charge is 0.446 e. The van der Waals surface area contributed by atoms with Crippen molar-refractivity contribution in [2.75, 3.05) is 25.0 Å². The number of aromatic amines is 1. The number of rotatable bonds is 9. The van der Waals surface area contributed by atoms with Crippen molar-refractivity contribution in [1.82, 2.24) is 14.9 Å². The molecule has 13 heteroatoms. The average molecular weight is 460 g/mol. The van der Waals surface area contributed by atoms with Gasteiger partial charge in [-0.15, -0.1) is 0 Å². The van der Waals surface area contributed by atoms with Crippen molar-refractivity contribution in [3.8, 4) is 5.75 Å².